The molecule has 2 N–H and O–H groups in total. The highest BCUT2D eigenvalue weighted by atomic mass is 79.9. The van der Waals surface area contributed by atoms with Crippen molar-refractivity contribution < 1.29 is 4.74 Å². The zero-order valence-corrected chi connectivity index (χ0v) is 13.3. The van der Waals surface area contributed by atoms with Crippen LogP contribution in [-0.2, 0) is 4.74 Å². The van der Waals surface area contributed by atoms with Gasteiger partial charge in [0, 0.05) is 33.9 Å². The summed E-state index contributed by atoms with van der Waals surface area (Å²) in [7, 11) is 0. The van der Waals surface area contributed by atoms with Crippen LogP contribution in [0.1, 0.15) is 31.2 Å². The Hall–Kier alpha value is 0.0600. The number of thiophene rings is 1. The van der Waals surface area contributed by atoms with E-state index in [9.17, 15) is 0 Å². The van der Waals surface area contributed by atoms with Crippen LogP contribution in [0.25, 0.3) is 0 Å². The number of ether oxygens (including phenoxy) is 1. The van der Waals surface area contributed by atoms with E-state index < -0.39 is 0 Å². The van der Waals surface area contributed by atoms with Crippen LogP contribution in [0.2, 0.25) is 0 Å². The number of hydrogen-bond donors (Lipinski definition) is 1. The molecule has 3 unspecified atom stereocenters. The minimum atomic E-state index is 0.131. The summed E-state index contributed by atoms with van der Waals surface area (Å²) in [6.45, 7) is 7.04. The maximum atomic E-state index is 6.20. The quantitative estimate of drug-likeness (QED) is 0.921. The van der Waals surface area contributed by atoms with Crippen molar-refractivity contribution in [3.05, 3.63) is 20.8 Å². The van der Waals surface area contributed by atoms with Gasteiger partial charge in [-0.15, -0.1) is 11.3 Å². The van der Waals surface area contributed by atoms with Gasteiger partial charge in [-0.2, -0.15) is 0 Å². The molecule has 1 aromatic rings. The minimum absolute atomic E-state index is 0.131. The first kappa shape index (κ1) is 14.5. The Kier molecular flexibility index (Phi) is 5.21. The first-order chi connectivity index (χ1) is 8.61. The zero-order valence-electron chi connectivity index (χ0n) is 10.9. The van der Waals surface area contributed by atoms with Crippen molar-refractivity contribution in [1.82, 2.24) is 4.90 Å². The fraction of sp³-hybridized carbons (Fsp3) is 0.692. The molecule has 2 heterocycles. The van der Waals surface area contributed by atoms with Gasteiger partial charge < -0.3 is 10.5 Å². The smallest absolute Gasteiger partial charge is 0.0700 e. The fourth-order valence-corrected chi connectivity index (χ4v) is 4.19. The fourth-order valence-electron chi connectivity index (χ4n) is 2.50. The second-order valence-corrected chi connectivity index (χ2v) is 6.73. The topological polar surface area (TPSA) is 38.5 Å². The van der Waals surface area contributed by atoms with Crippen LogP contribution in [-0.4, -0.2) is 36.7 Å². The standard InChI is InChI=1S/C13H21BrN2OS/c1-3-11-7-16(4-5-17-11)13(9(2)15)12-6-10(14)8-18-12/h6,8-9,11,13H,3-5,7,15H2,1-2H3. The maximum Gasteiger partial charge on any atom is 0.0700 e. The number of nitrogens with two attached hydrogens (primary N) is 1. The zero-order chi connectivity index (χ0) is 13.1. The molecule has 102 valence electrons. The van der Waals surface area contributed by atoms with Crippen molar-refractivity contribution in [2.24, 2.45) is 5.73 Å². The maximum absolute atomic E-state index is 6.20. The number of morpholine rings is 1. The minimum Gasteiger partial charge on any atom is -0.376 e. The van der Waals surface area contributed by atoms with Crippen LogP contribution in [0.5, 0.6) is 0 Å². The van der Waals surface area contributed by atoms with E-state index in [1.165, 1.54) is 4.88 Å². The summed E-state index contributed by atoms with van der Waals surface area (Å²) < 4.78 is 6.89. The van der Waals surface area contributed by atoms with Crippen LogP contribution in [0.4, 0.5) is 0 Å². The highest BCUT2D eigenvalue weighted by Gasteiger charge is 2.29. The molecule has 0 spiro atoms. The number of halogens is 1. The molecule has 1 aliphatic heterocycles. The van der Waals surface area contributed by atoms with Gasteiger partial charge in [-0.25, -0.2) is 0 Å². The van der Waals surface area contributed by atoms with E-state index in [1.807, 2.05) is 0 Å². The molecule has 0 aliphatic carbocycles. The van der Waals surface area contributed by atoms with Crippen molar-refractivity contribution in [3.8, 4) is 0 Å². The van der Waals surface area contributed by atoms with Crippen molar-refractivity contribution >= 4 is 27.3 Å². The van der Waals surface area contributed by atoms with Crippen molar-refractivity contribution in [3.63, 3.8) is 0 Å². The molecular formula is C13H21BrN2OS. The SMILES string of the molecule is CCC1CN(C(c2cc(Br)cs2)C(C)N)CCO1. The van der Waals surface area contributed by atoms with Gasteiger partial charge in [0.25, 0.3) is 0 Å². The largest absolute Gasteiger partial charge is 0.376 e. The normalized spacial score (nSPS) is 25.0. The van der Waals surface area contributed by atoms with E-state index in [-0.39, 0.29) is 6.04 Å². The molecule has 0 bridgehead atoms. The molecule has 5 heteroatoms. The van der Waals surface area contributed by atoms with Gasteiger partial charge in [0.1, 0.15) is 0 Å². The van der Waals surface area contributed by atoms with Gasteiger partial charge in [-0.05, 0) is 35.3 Å². The summed E-state index contributed by atoms with van der Waals surface area (Å²) in [6, 6.07) is 2.63. The molecule has 18 heavy (non-hydrogen) atoms. The highest BCUT2D eigenvalue weighted by Crippen LogP contribution is 2.32. The van der Waals surface area contributed by atoms with E-state index in [4.69, 9.17) is 10.5 Å². The van der Waals surface area contributed by atoms with E-state index in [0.29, 0.717) is 12.1 Å². The second kappa shape index (κ2) is 6.48. The van der Waals surface area contributed by atoms with E-state index >= 15 is 0 Å². The Morgan fingerprint density at radius 2 is 2.44 bits per heavy atom. The third-order valence-corrected chi connectivity index (χ3v) is 5.16. The summed E-state index contributed by atoms with van der Waals surface area (Å²) in [5.41, 5.74) is 6.20. The molecule has 0 aromatic carbocycles. The van der Waals surface area contributed by atoms with E-state index in [1.54, 1.807) is 11.3 Å². The Balaban J connectivity index is 2.14. The molecule has 2 rings (SSSR count). The van der Waals surface area contributed by atoms with E-state index in [0.717, 1.165) is 30.6 Å². The summed E-state index contributed by atoms with van der Waals surface area (Å²) in [4.78, 5) is 3.81. The molecule has 3 atom stereocenters. The lowest BCUT2D eigenvalue weighted by Gasteiger charge is -2.39. The summed E-state index contributed by atoms with van der Waals surface area (Å²) in [5.74, 6) is 0. The molecule has 1 aliphatic rings. The predicted octanol–water partition coefficient (Wildman–Crippen LogP) is 3.01. The van der Waals surface area contributed by atoms with Gasteiger partial charge in [0.2, 0.25) is 0 Å². The molecule has 1 aromatic heterocycles. The molecule has 0 amide bonds. The predicted molar refractivity (Wildman–Crippen MR) is 80.0 cm³/mol. The highest BCUT2D eigenvalue weighted by molar-refractivity contribution is 9.10. The van der Waals surface area contributed by atoms with Crippen LogP contribution in [0.15, 0.2) is 15.9 Å². The average Bonchev–Trinajstić information content (AvgIpc) is 2.75. The molecular weight excluding hydrogens is 312 g/mol. The Labute approximate surface area is 121 Å². The molecule has 0 saturated carbocycles. The monoisotopic (exact) mass is 332 g/mol. The van der Waals surface area contributed by atoms with Crippen LogP contribution < -0.4 is 5.73 Å². The second-order valence-electron chi connectivity index (χ2n) is 4.87. The Morgan fingerprint density at radius 1 is 1.67 bits per heavy atom. The first-order valence-electron chi connectivity index (χ1n) is 6.47. The summed E-state index contributed by atoms with van der Waals surface area (Å²) >= 11 is 5.30. The number of hydrogen-bond acceptors (Lipinski definition) is 4. The Bertz CT molecular complexity index is 383. The van der Waals surface area contributed by atoms with Gasteiger partial charge >= 0.3 is 0 Å². The third-order valence-electron chi connectivity index (χ3n) is 3.40. The van der Waals surface area contributed by atoms with Crippen molar-refractivity contribution in [1.29, 1.82) is 0 Å². The lowest BCUT2D eigenvalue weighted by Crippen LogP contribution is -2.48. The summed E-state index contributed by atoms with van der Waals surface area (Å²) in [6.07, 6.45) is 1.42. The molecule has 1 saturated heterocycles. The Morgan fingerprint density at radius 3 is 3.00 bits per heavy atom. The summed E-state index contributed by atoms with van der Waals surface area (Å²) in [5, 5.41) is 2.13. The van der Waals surface area contributed by atoms with Gasteiger partial charge in [0.05, 0.1) is 18.8 Å². The number of rotatable bonds is 4. The van der Waals surface area contributed by atoms with Crippen molar-refractivity contribution in [2.75, 3.05) is 19.7 Å². The lowest BCUT2D eigenvalue weighted by molar-refractivity contribution is -0.0472. The van der Waals surface area contributed by atoms with Crippen molar-refractivity contribution in [2.45, 2.75) is 38.5 Å². The molecule has 1 fully saturated rings. The third kappa shape index (κ3) is 3.33. The number of nitrogens with zero attached hydrogens (tertiary/aromatic N) is 1. The van der Waals surface area contributed by atoms with Gasteiger partial charge in [-0.3, -0.25) is 4.90 Å². The van der Waals surface area contributed by atoms with E-state index in [2.05, 4.69) is 46.1 Å². The van der Waals surface area contributed by atoms with Gasteiger partial charge in [0.15, 0.2) is 0 Å². The van der Waals surface area contributed by atoms with Crippen LogP contribution >= 0.6 is 27.3 Å². The van der Waals surface area contributed by atoms with Gasteiger partial charge in [-0.1, -0.05) is 6.92 Å². The molecule has 0 radical (unpaired) electrons. The average molecular weight is 333 g/mol. The lowest BCUT2D eigenvalue weighted by atomic mass is 10.1. The van der Waals surface area contributed by atoms with Crippen LogP contribution in [0.3, 0.4) is 0 Å². The van der Waals surface area contributed by atoms with Crippen LogP contribution in [0, 0.1) is 0 Å². The first-order valence-corrected chi connectivity index (χ1v) is 8.14. The molecule has 3 nitrogen and oxygen atoms in total.